The summed E-state index contributed by atoms with van der Waals surface area (Å²) >= 11 is 0. The minimum atomic E-state index is -0.216. The van der Waals surface area contributed by atoms with Gasteiger partial charge in [0.15, 0.2) is 0 Å². The first-order valence-corrected chi connectivity index (χ1v) is 5.58. The minimum absolute atomic E-state index is 0.0529. The summed E-state index contributed by atoms with van der Waals surface area (Å²) in [7, 11) is 0. The average Bonchev–Trinajstić information content (AvgIpc) is 2.72. The van der Waals surface area contributed by atoms with Gasteiger partial charge in [0.1, 0.15) is 5.76 Å². The molecule has 1 heterocycles. The zero-order chi connectivity index (χ0) is 12.1. The molecule has 0 saturated heterocycles. The predicted molar refractivity (Wildman–Crippen MR) is 61.3 cm³/mol. The van der Waals surface area contributed by atoms with E-state index < -0.39 is 0 Å². The van der Waals surface area contributed by atoms with Crippen molar-refractivity contribution in [1.29, 1.82) is 0 Å². The standard InChI is InChI=1S/C12H19NO3/c1-4-11-9(5-6-16-11)12(15)13-10(7-14)8(2)3/h5-6,8,10,14H,4,7H2,1-3H3,(H,13,15)/t10-/m1/s1. The van der Waals surface area contributed by atoms with Gasteiger partial charge in [-0.25, -0.2) is 0 Å². The molecule has 0 saturated carbocycles. The molecule has 2 N–H and O–H groups in total. The van der Waals surface area contributed by atoms with Crippen molar-refractivity contribution in [1.82, 2.24) is 5.32 Å². The van der Waals surface area contributed by atoms with Gasteiger partial charge in [-0.1, -0.05) is 20.8 Å². The van der Waals surface area contributed by atoms with Crippen LogP contribution in [0, 0.1) is 5.92 Å². The Morgan fingerprint density at radius 2 is 2.25 bits per heavy atom. The first kappa shape index (κ1) is 12.8. The average molecular weight is 225 g/mol. The highest BCUT2D eigenvalue weighted by molar-refractivity contribution is 5.95. The van der Waals surface area contributed by atoms with Crippen LogP contribution in [-0.2, 0) is 6.42 Å². The van der Waals surface area contributed by atoms with Crippen molar-refractivity contribution in [2.45, 2.75) is 33.2 Å². The number of aliphatic hydroxyl groups excluding tert-OH is 1. The van der Waals surface area contributed by atoms with Crippen molar-refractivity contribution in [3.05, 3.63) is 23.7 Å². The van der Waals surface area contributed by atoms with E-state index in [-0.39, 0.29) is 24.5 Å². The summed E-state index contributed by atoms with van der Waals surface area (Å²) in [6.45, 7) is 5.79. The summed E-state index contributed by atoms with van der Waals surface area (Å²) in [4.78, 5) is 11.9. The second kappa shape index (κ2) is 5.70. The number of nitrogens with one attached hydrogen (secondary N) is 1. The highest BCUT2D eigenvalue weighted by Gasteiger charge is 2.19. The molecular formula is C12H19NO3. The van der Waals surface area contributed by atoms with Crippen LogP contribution in [0.25, 0.3) is 0 Å². The molecule has 1 aromatic heterocycles. The second-order valence-corrected chi connectivity index (χ2v) is 4.12. The zero-order valence-corrected chi connectivity index (χ0v) is 9.99. The van der Waals surface area contributed by atoms with Gasteiger partial charge in [-0.2, -0.15) is 0 Å². The lowest BCUT2D eigenvalue weighted by Gasteiger charge is -2.19. The van der Waals surface area contributed by atoms with Gasteiger partial charge in [0.25, 0.3) is 5.91 Å². The molecule has 16 heavy (non-hydrogen) atoms. The van der Waals surface area contributed by atoms with E-state index in [4.69, 9.17) is 9.52 Å². The molecule has 1 aromatic rings. The Morgan fingerprint density at radius 1 is 1.56 bits per heavy atom. The fourth-order valence-corrected chi connectivity index (χ4v) is 1.49. The van der Waals surface area contributed by atoms with Gasteiger partial charge in [-0.3, -0.25) is 4.79 Å². The topological polar surface area (TPSA) is 62.5 Å². The van der Waals surface area contributed by atoms with E-state index in [1.54, 1.807) is 6.07 Å². The number of carbonyl (C=O) groups excluding carboxylic acids is 1. The van der Waals surface area contributed by atoms with Gasteiger partial charge >= 0.3 is 0 Å². The number of carbonyl (C=O) groups is 1. The number of hydrogen-bond donors (Lipinski definition) is 2. The number of aryl methyl sites for hydroxylation is 1. The first-order chi connectivity index (χ1) is 7.60. The third kappa shape index (κ3) is 2.85. The maximum absolute atomic E-state index is 11.9. The summed E-state index contributed by atoms with van der Waals surface area (Å²) in [6.07, 6.45) is 2.19. The molecular weight excluding hydrogens is 206 g/mol. The van der Waals surface area contributed by atoms with Crippen LogP contribution in [0.15, 0.2) is 16.7 Å². The van der Waals surface area contributed by atoms with Crippen molar-refractivity contribution < 1.29 is 14.3 Å². The van der Waals surface area contributed by atoms with E-state index >= 15 is 0 Å². The quantitative estimate of drug-likeness (QED) is 0.800. The summed E-state index contributed by atoms with van der Waals surface area (Å²) in [5, 5.41) is 11.9. The maximum atomic E-state index is 11.9. The molecule has 0 bridgehead atoms. The van der Waals surface area contributed by atoms with E-state index in [1.165, 1.54) is 6.26 Å². The van der Waals surface area contributed by atoms with Crippen LogP contribution in [0.3, 0.4) is 0 Å². The van der Waals surface area contributed by atoms with Crippen LogP contribution in [0.2, 0.25) is 0 Å². The molecule has 4 nitrogen and oxygen atoms in total. The molecule has 0 fully saturated rings. The van der Waals surface area contributed by atoms with E-state index in [0.717, 1.165) is 0 Å². The first-order valence-electron chi connectivity index (χ1n) is 5.58. The van der Waals surface area contributed by atoms with Gasteiger partial charge in [0, 0.05) is 6.42 Å². The van der Waals surface area contributed by atoms with Crippen molar-refractivity contribution in [2.24, 2.45) is 5.92 Å². The number of aliphatic hydroxyl groups is 1. The Kier molecular flexibility index (Phi) is 4.55. The van der Waals surface area contributed by atoms with Crippen LogP contribution < -0.4 is 5.32 Å². The third-order valence-corrected chi connectivity index (χ3v) is 2.63. The fourth-order valence-electron chi connectivity index (χ4n) is 1.49. The van der Waals surface area contributed by atoms with Gasteiger partial charge in [-0.05, 0) is 12.0 Å². The van der Waals surface area contributed by atoms with Crippen LogP contribution in [0.5, 0.6) is 0 Å². The summed E-state index contributed by atoms with van der Waals surface area (Å²) < 4.78 is 5.19. The SMILES string of the molecule is CCc1occc1C(=O)N[C@H](CO)C(C)C. The fraction of sp³-hybridized carbons (Fsp3) is 0.583. The number of amides is 1. The van der Waals surface area contributed by atoms with Crippen LogP contribution in [0.4, 0.5) is 0 Å². The summed E-state index contributed by atoms with van der Waals surface area (Å²) in [6, 6.07) is 1.44. The largest absolute Gasteiger partial charge is 0.469 e. The zero-order valence-electron chi connectivity index (χ0n) is 9.99. The lowest BCUT2D eigenvalue weighted by Crippen LogP contribution is -2.41. The van der Waals surface area contributed by atoms with Crippen molar-refractivity contribution in [3.8, 4) is 0 Å². The Morgan fingerprint density at radius 3 is 2.75 bits per heavy atom. The molecule has 0 unspecified atom stereocenters. The summed E-state index contributed by atoms with van der Waals surface area (Å²) in [5.41, 5.74) is 0.557. The van der Waals surface area contributed by atoms with Gasteiger partial charge < -0.3 is 14.8 Å². The van der Waals surface area contributed by atoms with E-state index in [0.29, 0.717) is 17.7 Å². The molecule has 90 valence electrons. The van der Waals surface area contributed by atoms with E-state index in [2.05, 4.69) is 5.32 Å². The molecule has 0 radical (unpaired) electrons. The maximum Gasteiger partial charge on any atom is 0.255 e. The van der Waals surface area contributed by atoms with Crippen LogP contribution >= 0.6 is 0 Å². The van der Waals surface area contributed by atoms with E-state index in [1.807, 2.05) is 20.8 Å². The lowest BCUT2D eigenvalue weighted by atomic mass is 10.0. The molecule has 1 atom stereocenters. The predicted octanol–water partition coefficient (Wildman–Crippen LogP) is 1.59. The normalized spacial score (nSPS) is 12.8. The molecule has 0 spiro atoms. The highest BCUT2D eigenvalue weighted by Crippen LogP contribution is 2.12. The number of rotatable bonds is 5. The molecule has 1 rings (SSSR count). The van der Waals surface area contributed by atoms with Gasteiger partial charge in [0.2, 0.25) is 0 Å². The molecule has 0 aliphatic carbocycles. The monoisotopic (exact) mass is 225 g/mol. The molecule has 0 aliphatic rings. The molecule has 0 aromatic carbocycles. The van der Waals surface area contributed by atoms with Crippen molar-refractivity contribution in [3.63, 3.8) is 0 Å². The summed E-state index contributed by atoms with van der Waals surface area (Å²) in [5.74, 6) is 0.697. The van der Waals surface area contributed by atoms with E-state index in [9.17, 15) is 4.79 Å². The third-order valence-electron chi connectivity index (χ3n) is 2.63. The molecule has 4 heteroatoms. The van der Waals surface area contributed by atoms with Crippen molar-refractivity contribution in [2.75, 3.05) is 6.61 Å². The Balaban J connectivity index is 2.71. The Labute approximate surface area is 95.7 Å². The lowest BCUT2D eigenvalue weighted by molar-refractivity contribution is 0.0895. The minimum Gasteiger partial charge on any atom is -0.469 e. The van der Waals surface area contributed by atoms with Crippen LogP contribution in [0.1, 0.15) is 36.9 Å². The molecule has 1 amide bonds. The smallest absolute Gasteiger partial charge is 0.255 e. The Bertz CT molecular complexity index is 344. The number of hydrogen-bond acceptors (Lipinski definition) is 3. The van der Waals surface area contributed by atoms with Crippen LogP contribution in [-0.4, -0.2) is 23.7 Å². The highest BCUT2D eigenvalue weighted by atomic mass is 16.3. The van der Waals surface area contributed by atoms with Gasteiger partial charge in [-0.15, -0.1) is 0 Å². The second-order valence-electron chi connectivity index (χ2n) is 4.12. The Hall–Kier alpha value is -1.29. The molecule has 0 aliphatic heterocycles. The number of furan rings is 1. The van der Waals surface area contributed by atoms with Crippen molar-refractivity contribution >= 4 is 5.91 Å². The van der Waals surface area contributed by atoms with Gasteiger partial charge in [0.05, 0.1) is 24.5 Å².